The first kappa shape index (κ1) is 13.6. The Morgan fingerprint density at radius 1 is 1.38 bits per heavy atom. The van der Waals surface area contributed by atoms with Crippen LogP contribution in [0.5, 0.6) is 11.5 Å². The van der Waals surface area contributed by atoms with Crippen LogP contribution in [0.2, 0.25) is 0 Å². The fourth-order valence-electron chi connectivity index (χ4n) is 1.98. The summed E-state index contributed by atoms with van der Waals surface area (Å²) in [6.07, 6.45) is 3.17. The molecule has 3 aromatic rings. The van der Waals surface area contributed by atoms with Crippen molar-refractivity contribution in [2.75, 3.05) is 13.7 Å². The number of ether oxygens (including phenoxy) is 2. The minimum atomic E-state index is -0.166. The lowest BCUT2D eigenvalue weighted by atomic mass is 10.2. The van der Waals surface area contributed by atoms with Gasteiger partial charge in [0, 0.05) is 0 Å². The molecule has 2 heterocycles. The average Bonchev–Trinajstić information content (AvgIpc) is 3.05. The number of fused-ring (bicyclic) bond motifs is 1. The Bertz CT molecular complexity index is 885. The fourth-order valence-corrected chi connectivity index (χ4v) is 2.86. The number of methoxy groups -OCH3 is 1. The summed E-state index contributed by atoms with van der Waals surface area (Å²) in [6.45, 7) is 2.48. The zero-order valence-electron chi connectivity index (χ0n) is 11.6. The highest BCUT2D eigenvalue weighted by molar-refractivity contribution is 7.15. The number of nitrogens with zero attached hydrogens (tertiary/aromatic N) is 3. The van der Waals surface area contributed by atoms with Crippen molar-refractivity contribution in [2.24, 2.45) is 0 Å². The fraction of sp³-hybridized carbons (Fsp3) is 0.214. The summed E-state index contributed by atoms with van der Waals surface area (Å²) in [7, 11) is 1.59. The van der Waals surface area contributed by atoms with Crippen LogP contribution < -0.4 is 19.6 Å². The molecule has 0 fully saturated rings. The highest BCUT2D eigenvalue weighted by Gasteiger charge is 2.07. The molecule has 2 aromatic heterocycles. The maximum atomic E-state index is 12.1. The van der Waals surface area contributed by atoms with Gasteiger partial charge in [0.15, 0.2) is 11.5 Å². The first-order chi connectivity index (χ1) is 10.2. The van der Waals surface area contributed by atoms with Gasteiger partial charge in [-0.2, -0.15) is 9.61 Å². The van der Waals surface area contributed by atoms with Crippen LogP contribution >= 0.6 is 11.3 Å². The van der Waals surface area contributed by atoms with Crippen LogP contribution in [0.1, 0.15) is 12.5 Å². The van der Waals surface area contributed by atoms with Crippen molar-refractivity contribution in [1.29, 1.82) is 0 Å². The van der Waals surface area contributed by atoms with Gasteiger partial charge in [0.2, 0.25) is 4.96 Å². The summed E-state index contributed by atoms with van der Waals surface area (Å²) < 4.78 is 12.6. The Labute approximate surface area is 124 Å². The molecular weight excluding hydrogens is 290 g/mol. The van der Waals surface area contributed by atoms with Gasteiger partial charge in [-0.3, -0.25) is 4.79 Å². The normalized spacial score (nSPS) is 12.0. The monoisotopic (exact) mass is 303 g/mol. The van der Waals surface area contributed by atoms with E-state index in [2.05, 4.69) is 10.1 Å². The number of hydrogen-bond donors (Lipinski definition) is 0. The minimum Gasteiger partial charge on any atom is -0.493 e. The van der Waals surface area contributed by atoms with E-state index in [9.17, 15) is 4.79 Å². The molecule has 0 saturated carbocycles. The Kier molecular flexibility index (Phi) is 3.57. The number of hydrogen-bond acceptors (Lipinski definition) is 6. The van der Waals surface area contributed by atoms with Gasteiger partial charge in [0.25, 0.3) is 5.56 Å². The molecule has 0 saturated heterocycles. The molecule has 7 heteroatoms. The zero-order valence-corrected chi connectivity index (χ0v) is 12.4. The van der Waals surface area contributed by atoms with Crippen LogP contribution in [0.15, 0.2) is 29.3 Å². The number of rotatable bonds is 4. The summed E-state index contributed by atoms with van der Waals surface area (Å²) in [4.78, 5) is 16.7. The third-order valence-corrected chi connectivity index (χ3v) is 3.88. The topological polar surface area (TPSA) is 65.7 Å². The Balaban J connectivity index is 2.08. The Morgan fingerprint density at radius 3 is 2.95 bits per heavy atom. The summed E-state index contributed by atoms with van der Waals surface area (Å²) in [5.41, 5.74) is 0.692. The van der Waals surface area contributed by atoms with E-state index < -0.39 is 0 Å². The van der Waals surface area contributed by atoms with E-state index >= 15 is 0 Å². The number of benzene rings is 1. The van der Waals surface area contributed by atoms with Crippen LogP contribution in [-0.4, -0.2) is 28.3 Å². The molecule has 1 aromatic carbocycles. The maximum Gasteiger partial charge on any atom is 0.291 e. The Hall–Kier alpha value is -2.41. The van der Waals surface area contributed by atoms with Crippen LogP contribution in [0.25, 0.3) is 11.0 Å². The number of thiazole rings is 1. The van der Waals surface area contributed by atoms with Gasteiger partial charge in [0.05, 0.1) is 18.2 Å². The van der Waals surface area contributed by atoms with Gasteiger partial charge in [-0.25, -0.2) is 4.98 Å². The molecule has 0 aliphatic heterocycles. The molecule has 0 N–H and O–H groups in total. The van der Waals surface area contributed by atoms with Crippen molar-refractivity contribution in [3.8, 4) is 11.5 Å². The summed E-state index contributed by atoms with van der Waals surface area (Å²) in [5.74, 6) is 1.32. The minimum absolute atomic E-state index is 0.166. The van der Waals surface area contributed by atoms with E-state index in [1.54, 1.807) is 13.2 Å². The van der Waals surface area contributed by atoms with Crippen molar-refractivity contribution >= 4 is 22.4 Å². The van der Waals surface area contributed by atoms with Crippen LogP contribution in [-0.2, 0) is 0 Å². The lowest BCUT2D eigenvalue weighted by molar-refractivity contribution is 0.311. The molecule has 0 radical (unpaired) electrons. The molecule has 0 amide bonds. The van der Waals surface area contributed by atoms with Crippen LogP contribution in [0.3, 0.4) is 0 Å². The Morgan fingerprint density at radius 2 is 2.24 bits per heavy atom. The maximum absolute atomic E-state index is 12.1. The van der Waals surface area contributed by atoms with Crippen LogP contribution in [0, 0.1) is 0 Å². The molecule has 6 nitrogen and oxygen atoms in total. The second-order valence-corrected chi connectivity index (χ2v) is 5.22. The average molecular weight is 303 g/mol. The van der Waals surface area contributed by atoms with Gasteiger partial charge < -0.3 is 9.47 Å². The SMILES string of the molecule is CCOc1ccc(/C=c2\sc3ncnn3c2=O)cc1OC. The van der Waals surface area contributed by atoms with Crippen molar-refractivity contribution in [3.63, 3.8) is 0 Å². The second kappa shape index (κ2) is 5.53. The molecule has 0 atom stereocenters. The van der Waals surface area contributed by atoms with Gasteiger partial charge >= 0.3 is 0 Å². The highest BCUT2D eigenvalue weighted by atomic mass is 32.1. The van der Waals surface area contributed by atoms with Gasteiger partial charge in [-0.15, -0.1) is 0 Å². The van der Waals surface area contributed by atoms with E-state index in [1.165, 1.54) is 22.2 Å². The molecule has 0 spiro atoms. The van der Waals surface area contributed by atoms with E-state index in [0.29, 0.717) is 27.6 Å². The molecule has 21 heavy (non-hydrogen) atoms. The zero-order chi connectivity index (χ0) is 14.8. The number of aromatic nitrogens is 3. The molecule has 108 valence electrons. The summed E-state index contributed by atoms with van der Waals surface area (Å²) in [5, 5.41) is 3.89. The van der Waals surface area contributed by atoms with Crippen molar-refractivity contribution < 1.29 is 9.47 Å². The smallest absolute Gasteiger partial charge is 0.291 e. The van der Waals surface area contributed by atoms with Crippen molar-refractivity contribution in [3.05, 3.63) is 45.0 Å². The lowest BCUT2D eigenvalue weighted by Crippen LogP contribution is -2.23. The molecule has 0 aliphatic carbocycles. The first-order valence-electron chi connectivity index (χ1n) is 6.38. The van der Waals surface area contributed by atoms with Crippen LogP contribution in [0.4, 0.5) is 0 Å². The van der Waals surface area contributed by atoms with E-state index in [-0.39, 0.29) is 5.56 Å². The highest BCUT2D eigenvalue weighted by Crippen LogP contribution is 2.28. The molecule has 0 bridgehead atoms. The second-order valence-electron chi connectivity index (χ2n) is 4.21. The molecule has 0 aliphatic rings. The standard InChI is InChI=1S/C14H13N3O3S/c1-3-20-10-5-4-9(6-11(10)19-2)7-12-13(18)17-14(21-12)15-8-16-17/h4-8H,3H2,1-2H3/b12-7-. The summed E-state index contributed by atoms with van der Waals surface area (Å²) in [6, 6.07) is 5.54. The summed E-state index contributed by atoms with van der Waals surface area (Å²) >= 11 is 1.30. The van der Waals surface area contributed by atoms with E-state index in [4.69, 9.17) is 9.47 Å². The largest absolute Gasteiger partial charge is 0.493 e. The van der Waals surface area contributed by atoms with Crippen molar-refractivity contribution in [1.82, 2.24) is 14.6 Å². The van der Waals surface area contributed by atoms with Gasteiger partial charge in [0.1, 0.15) is 6.33 Å². The van der Waals surface area contributed by atoms with E-state index in [0.717, 1.165) is 5.56 Å². The lowest BCUT2D eigenvalue weighted by Gasteiger charge is -2.09. The predicted molar refractivity (Wildman–Crippen MR) is 80.1 cm³/mol. The molecule has 3 rings (SSSR count). The predicted octanol–water partition coefficient (Wildman–Crippen LogP) is 1.11. The van der Waals surface area contributed by atoms with Gasteiger partial charge in [-0.1, -0.05) is 17.4 Å². The first-order valence-corrected chi connectivity index (χ1v) is 7.19. The third-order valence-electron chi connectivity index (χ3n) is 2.91. The molecule has 0 unspecified atom stereocenters. The third kappa shape index (κ3) is 2.47. The van der Waals surface area contributed by atoms with Crippen molar-refractivity contribution in [2.45, 2.75) is 6.92 Å². The van der Waals surface area contributed by atoms with Gasteiger partial charge in [-0.05, 0) is 30.7 Å². The molecular formula is C14H13N3O3S. The van der Waals surface area contributed by atoms with E-state index in [1.807, 2.05) is 25.1 Å². The quantitative estimate of drug-likeness (QED) is 0.722.